The molecule has 2 amide bonds. The molecule has 6 heteroatoms. The molecular formula is C9H11N3O2S. The molecule has 0 aromatic heterocycles. The van der Waals surface area contributed by atoms with Crippen LogP contribution >= 0.6 is 11.8 Å². The van der Waals surface area contributed by atoms with Crippen LogP contribution in [0.1, 0.15) is 0 Å². The van der Waals surface area contributed by atoms with Crippen molar-refractivity contribution in [3.05, 3.63) is 24.3 Å². The van der Waals surface area contributed by atoms with Crippen LogP contribution in [0.15, 0.2) is 29.2 Å². The van der Waals surface area contributed by atoms with E-state index in [1.807, 2.05) is 18.4 Å². The minimum Gasteiger partial charge on any atom is -0.318 e. The number of benzene rings is 1. The summed E-state index contributed by atoms with van der Waals surface area (Å²) in [5, 5.41) is 2.40. The second-order valence-corrected chi connectivity index (χ2v) is 3.54. The zero-order chi connectivity index (χ0) is 11.3. The van der Waals surface area contributed by atoms with Crippen molar-refractivity contribution in [1.29, 1.82) is 0 Å². The van der Waals surface area contributed by atoms with Crippen molar-refractivity contribution < 1.29 is 9.59 Å². The van der Waals surface area contributed by atoms with Crippen molar-refractivity contribution in [2.75, 3.05) is 11.6 Å². The van der Waals surface area contributed by atoms with Gasteiger partial charge in [-0.05, 0) is 30.5 Å². The molecule has 0 saturated carbocycles. The van der Waals surface area contributed by atoms with Gasteiger partial charge in [-0.2, -0.15) is 0 Å². The van der Waals surface area contributed by atoms with Crippen LogP contribution in [0.4, 0.5) is 5.69 Å². The molecule has 0 bridgehead atoms. The van der Waals surface area contributed by atoms with Crippen LogP contribution in [0.5, 0.6) is 0 Å². The molecule has 15 heavy (non-hydrogen) atoms. The number of carbonyl (C=O) groups is 2. The Balaban J connectivity index is 2.65. The van der Waals surface area contributed by atoms with E-state index in [1.165, 1.54) is 0 Å². The highest BCUT2D eigenvalue weighted by molar-refractivity contribution is 7.98. The molecule has 0 spiro atoms. The fourth-order valence-electron chi connectivity index (χ4n) is 0.928. The van der Waals surface area contributed by atoms with Gasteiger partial charge in [-0.3, -0.25) is 15.0 Å². The van der Waals surface area contributed by atoms with Gasteiger partial charge in [-0.1, -0.05) is 0 Å². The Hall–Kier alpha value is -1.53. The number of hydrogen-bond acceptors (Lipinski definition) is 4. The number of nitrogens with one attached hydrogen (secondary N) is 2. The van der Waals surface area contributed by atoms with Gasteiger partial charge in [0.2, 0.25) is 0 Å². The molecule has 0 saturated heterocycles. The van der Waals surface area contributed by atoms with Gasteiger partial charge in [0.1, 0.15) is 0 Å². The van der Waals surface area contributed by atoms with Gasteiger partial charge in [-0.15, -0.1) is 11.8 Å². The van der Waals surface area contributed by atoms with Crippen molar-refractivity contribution in [3.8, 4) is 0 Å². The first-order valence-corrected chi connectivity index (χ1v) is 5.36. The summed E-state index contributed by atoms with van der Waals surface area (Å²) in [7, 11) is 0. The van der Waals surface area contributed by atoms with Crippen LogP contribution in [-0.2, 0) is 9.59 Å². The summed E-state index contributed by atoms with van der Waals surface area (Å²) in [6, 6.07) is 7.13. The van der Waals surface area contributed by atoms with Gasteiger partial charge in [0.25, 0.3) is 0 Å². The Labute approximate surface area is 91.4 Å². The van der Waals surface area contributed by atoms with E-state index in [0.717, 1.165) is 4.90 Å². The van der Waals surface area contributed by atoms with Crippen molar-refractivity contribution in [1.82, 2.24) is 5.43 Å². The zero-order valence-corrected chi connectivity index (χ0v) is 8.93. The van der Waals surface area contributed by atoms with Crippen molar-refractivity contribution in [3.63, 3.8) is 0 Å². The van der Waals surface area contributed by atoms with E-state index in [-0.39, 0.29) is 0 Å². The van der Waals surface area contributed by atoms with Gasteiger partial charge < -0.3 is 5.32 Å². The van der Waals surface area contributed by atoms with Gasteiger partial charge in [-0.25, -0.2) is 5.84 Å². The number of nitrogens with two attached hydrogens (primary N) is 1. The quantitative estimate of drug-likeness (QED) is 0.223. The molecule has 0 heterocycles. The second kappa shape index (κ2) is 5.38. The maximum absolute atomic E-state index is 11.1. The lowest BCUT2D eigenvalue weighted by Crippen LogP contribution is -2.39. The number of carbonyl (C=O) groups excluding carboxylic acids is 2. The number of hydrazine groups is 1. The molecule has 0 unspecified atom stereocenters. The number of amides is 2. The smallest absolute Gasteiger partial charge is 0.318 e. The van der Waals surface area contributed by atoms with E-state index >= 15 is 0 Å². The monoisotopic (exact) mass is 225 g/mol. The van der Waals surface area contributed by atoms with E-state index in [0.29, 0.717) is 5.69 Å². The lowest BCUT2D eigenvalue weighted by molar-refractivity contribution is -0.136. The highest BCUT2D eigenvalue weighted by atomic mass is 32.2. The molecule has 0 aliphatic heterocycles. The highest BCUT2D eigenvalue weighted by Crippen LogP contribution is 2.17. The maximum atomic E-state index is 11.1. The first-order valence-electron chi connectivity index (χ1n) is 4.13. The lowest BCUT2D eigenvalue weighted by atomic mass is 10.3. The standard InChI is InChI=1S/C9H11N3O2S/c1-15-7-4-2-6(3-5-7)11-8(13)9(14)12-10/h2-5H,10H2,1H3,(H,11,13)(H,12,14). The molecule has 0 aliphatic carbocycles. The Kier molecular flexibility index (Phi) is 4.14. The van der Waals surface area contributed by atoms with Crippen molar-refractivity contribution in [2.45, 2.75) is 4.90 Å². The average Bonchev–Trinajstić information content (AvgIpc) is 2.29. The predicted octanol–water partition coefficient (Wildman–Crippen LogP) is 0.337. The van der Waals surface area contributed by atoms with Crippen LogP contribution < -0.4 is 16.6 Å². The molecule has 1 aromatic rings. The van der Waals surface area contributed by atoms with Crippen molar-refractivity contribution in [2.24, 2.45) is 5.84 Å². The molecular weight excluding hydrogens is 214 g/mol. The van der Waals surface area contributed by atoms with Crippen LogP contribution in [0.2, 0.25) is 0 Å². The minimum absolute atomic E-state index is 0.557. The predicted molar refractivity (Wildman–Crippen MR) is 59.2 cm³/mol. The third kappa shape index (κ3) is 3.26. The molecule has 1 rings (SSSR count). The first-order chi connectivity index (χ1) is 7.17. The van der Waals surface area contributed by atoms with Crippen LogP contribution in [0.25, 0.3) is 0 Å². The van der Waals surface area contributed by atoms with Gasteiger partial charge in [0.05, 0.1) is 0 Å². The molecule has 4 N–H and O–H groups in total. The molecule has 1 aromatic carbocycles. The Bertz CT molecular complexity index is 364. The molecule has 0 aliphatic rings. The third-order valence-corrected chi connectivity index (χ3v) is 2.43. The Morgan fingerprint density at radius 3 is 2.27 bits per heavy atom. The van der Waals surface area contributed by atoms with E-state index in [1.54, 1.807) is 29.3 Å². The summed E-state index contributed by atoms with van der Waals surface area (Å²) in [6.45, 7) is 0. The Morgan fingerprint density at radius 1 is 1.20 bits per heavy atom. The van der Waals surface area contributed by atoms with E-state index in [2.05, 4.69) is 5.32 Å². The summed E-state index contributed by atoms with van der Waals surface area (Å²) in [5.41, 5.74) is 2.31. The number of hydrogen-bond donors (Lipinski definition) is 3. The number of anilines is 1. The van der Waals surface area contributed by atoms with E-state index < -0.39 is 11.8 Å². The van der Waals surface area contributed by atoms with Crippen LogP contribution in [0, 0.1) is 0 Å². The summed E-state index contributed by atoms with van der Waals surface area (Å²) in [4.78, 5) is 23.0. The summed E-state index contributed by atoms with van der Waals surface area (Å²) in [5.74, 6) is 3.15. The van der Waals surface area contributed by atoms with Crippen LogP contribution in [0.3, 0.4) is 0 Å². The van der Waals surface area contributed by atoms with Gasteiger partial charge in [0.15, 0.2) is 0 Å². The summed E-state index contributed by atoms with van der Waals surface area (Å²) < 4.78 is 0. The topological polar surface area (TPSA) is 84.2 Å². The molecule has 0 radical (unpaired) electrons. The van der Waals surface area contributed by atoms with E-state index in [9.17, 15) is 9.59 Å². The average molecular weight is 225 g/mol. The molecule has 0 atom stereocenters. The molecule has 80 valence electrons. The third-order valence-electron chi connectivity index (χ3n) is 1.69. The number of thioether (sulfide) groups is 1. The largest absolute Gasteiger partial charge is 0.323 e. The van der Waals surface area contributed by atoms with Gasteiger partial charge in [0, 0.05) is 10.6 Å². The van der Waals surface area contributed by atoms with E-state index in [4.69, 9.17) is 5.84 Å². The molecule has 0 fully saturated rings. The van der Waals surface area contributed by atoms with Gasteiger partial charge >= 0.3 is 11.8 Å². The SMILES string of the molecule is CSc1ccc(NC(=O)C(=O)NN)cc1. The lowest BCUT2D eigenvalue weighted by Gasteiger charge is -2.04. The Morgan fingerprint density at radius 2 is 1.80 bits per heavy atom. The minimum atomic E-state index is -0.871. The van der Waals surface area contributed by atoms with Crippen molar-refractivity contribution >= 4 is 29.3 Å². The highest BCUT2D eigenvalue weighted by Gasteiger charge is 2.11. The summed E-state index contributed by atoms with van der Waals surface area (Å²) >= 11 is 1.60. The first kappa shape index (κ1) is 11.5. The summed E-state index contributed by atoms with van der Waals surface area (Å²) in [6.07, 6.45) is 1.95. The normalized spacial score (nSPS) is 9.47. The second-order valence-electron chi connectivity index (χ2n) is 2.66. The fourth-order valence-corrected chi connectivity index (χ4v) is 1.34. The zero-order valence-electron chi connectivity index (χ0n) is 8.11. The van der Waals surface area contributed by atoms with Crippen LogP contribution in [-0.4, -0.2) is 18.1 Å². The maximum Gasteiger partial charge on any atom is 0.323 e. The fraction of sp³-hybridized carbons (Fsp3) is 0.111. The molecule has 5 nitrogen and oxygen atoms in total. The number of rotatable bonds is 2.